The summed E-state index contributed by atoms with van der Waals surface area (Å²) in [4.78, 5) is 2.13. The molecular weight excluding hydrogens is 112 g/mol. The molecule has 0 heterocycles. The zero-order valence-corrected chi connectivity index (χ0v) is 6.59. The minimum Gasteiger partial charge on any atom is -0.309 e. The van der Waals surface area contributed by atoms with Crippen LogP contribution < -0.4 is 5.73 Å². The van der Waals surface area contributed by atoms with E-state index in [0.717, 1.165) is 19.4 Å². The molecule has 0 bridgehead atoms. The van der Waals surface area contributed by atoms with Crippen LogP contribution in [0.4, 0.5) is 0 Å². The summed E-state index contributed by atoms with van der Waals surface area (Å²) >= 11 is 0. The standard InChI is InChI=1S/C7H16N2/c1-7(8)5-4-6-9(2)3/h7H,4-6H2,1-3H3. The number of rotatable bonds is 4. The molecule has 1 atom stereocenters. The van der Waals surface area contributed by atoms with E-state index in [4.69, 9.17) is 5.73 Å². The van der Waals surface area contributed by atoms with E-state index in [0.29, 0.717) is 0 Å². The fraction of sp³-hybridized carbons (Fsp3) is 1.00. The van der Waals surface area contributed by atoms with Gasteiger partial charge in [0, 0.05) is 6.04 Å². The second-order valence-electron chi connectivity index (χ2n) is 2.79. The summed E-state index contributed by atoms with van der Waals surface area (Å²) in [6, 6.07) is -0.134. The van der Waals surface area contributed by atoms with Gasteiger partial charge < -0.3 is 4.90 Å². The average Bonchev–Trinajstić information content (AvgIpc) is 1.63. The molecule has 2 radical (unpaired) electrons. The Bertz CT molecular complexity index is 51.9. The van der Waals surface area contributed by atoms with Crippen molar-refractivity contribution in [1.29, 1.82) is 0 Å². The van der Waals surface area contributed by atoms with Crippen LogP contribution in [0, 0.1) is 0 Å². The molecule has 0 aromatic carbocycles. The summed E-state index contributed by atoms with van der Waals surface area (Å²) in [7, 11) is 4.09. The van der Waals surface area contributed by atoms with Crippen molar-refractivity contribution >= 4 is 0 Å². The van der Waals surface area contributed by atoms with Gasteiger partial charge in [0.1, 0.15) is 0 Å². The quantitative estimate of drug-likeness (QED) is 0.549. The molecule has 0 aliphatic carbocycles. The zero-order chi connectivity index (χ0) is 7.28. The molecule has 0 rings (SSSR count). The first-order chi connectivity index (χ1) is 4.13. The number of hydrogen-bond donors (Lipinski definition) is 0. The molecule has 0 saturated heterocycles. The first-order valence-electron chi connectivity index (χ1n) is 3.45. The van der Waals surface area contributed by atoms with Gasteiger partial charge in [-0.1, -0.05) is 0 Å². The lowest BCUT2D eigenvalue weighted by Gasteiger charge is -2.08. The van der Waals surface area contributed by atoms with Crippen LogP contribution in [0.1, 0.15) is 19.8 Å². The lowest BCUT2D eigenvalue weighted by Crippen LogP contribution is -2.15. The van der Waals surface area contributed by atoms with Gasteiger partial charge in [0.25, 0.3) is 0 Å². The number of hydrogen-bond acceptors (Lipinski definition) is 1. The SMILES string of the molecule is CC([N])CCCN(C)C. The third-order valence-corrected chi connectivity index (χ3v) is 1.23. The van der Waals surface area contributed by atoms with Crippen molar-refractivity contribution in [3.8, 4) is 0 Å². The second kappa shape index (κ2) is 4.77. The average molecular weight is 128 g/mol. The largest absolute Gasteiger partial charge is 0.309 e. The molecule has 0 spiro atoms. The highest BCUT2D eigenvalue weighted by Crippen LogP contribution is 1.94. The van der Waals surface area contributed by atoms with E-state index in [9.17, 15) is 0 Å². The van der Waals surface area contributed by atoms with Gasteiger partial charge in [0.15, 0.2) is 0 Å². The molecule has 1 unspecified atom stereocenters. The minimum absolute atomic E-state index is 0.134. The molecule has 0 amide bonds. The van der Waals surface area contributed by atoms with Crippen LogP contribution in [0.5, 0.6) is 0 Å². The topological polar surface area (TPSA) is 25.5 Å². The molecule has 2 heteroatoms. The van der Waals surface area contributed by atoms with Gasteiger partial charge in [0.2, 0.25) is 0 Å². The highest BCUT2D eigenvalue weighted by molar-refractivity contribution is 4.53. The fourth-order valence-electron chi connectivity index (χ4n) is 0.703. The van der Waals surface area contributed by atoms with Crippen LogP contribution in [0.2, 0.25) is 0 Å². The Morgan fingerprint density at radius 1 is 1.44 bits per heavy atom. The predicted molar refractivity (Wildman–Crippen MR) is 39.4 cm³/mol. The van der Waals surface area contributed by atoms with Crippen molar-refractivity contribution in [2.45, 2.75) is 25.8 Å². The Balaban J connectivity index is 2.91. The molecule has 0 N–H and O–H groups in total. The van der Waals surface area contributed by atoms with Crippen molar-refractivity contribution in [2.75, 3.05) is 20.6 Å². The molecule has 54 valence electrons. The molecule has 0 aromatic heterocycles. The van der Waals surface area contributed by atoms with Crippen molar-refractivity contribution < 1.29 is 0 Å². The van der Waals surface area contributed by atoms with E-state index in [2.05, 4.69) is 4.90 Å². The molecule has 0 aliphatic rings. The van der Waals surface area contributed by atoms with E-state index in [-0.39, 0.29) is 6.04 Å². The minimum atomic E-state index is -0.134. The first-order valence-corrected chi connectivity index (χ1v) is 3.45. The maximum atomic E-state index is 8.85. The molecule has 9 heavy (non-hydrogen) atoms. The molecule has 2 nitrogen and oxygen atoms in total. The van der Waals surface area contributed by atoms with Crippen LogP contribution >= 0.6 is 0 Å². The van der Waals surface area contributed by atoms with E-state index in [1.807, 2.05) is 21.0 Å². The van der Waals surface area contributed by atoms with Gasteiger partial charge in [0.05, 0.1) is 0 Å². The van der Waals surface area contributed by atoms with Crippen LogP contribution in [0.25, 0.3) is 0 Å². The maximum Gasteiger partial charge on any atom is 0.0405 e. The Morgan fingerprint density at radius 3 is 2.33 bits per heavy atom. The Kier molecular flexibility index (Phi) is 4.72. The van der Waals surface area contributed by atoms with E-state index in [1.165, 1.54) is 0 Å². The van der Waals surface area contributed by atoms with Gasteiger partial charge >= 0.3 is 0 Å². The normalized spacial score (nSPS) is 14.3. The third kappa shape index (κ3) is 7.92. The molecular formula is C7H16N2. The predicted octanol–water partition coefficient (Wildman–Crippen LogP) is 0.785. The van der Waals surface area contributed by atoms with E-state index >= 15 is 0 Å². The molecule has 0 fully saturated rings. The lowest BCUT2D eigenvalue weighted by molar-refractivity contribution is 0.386. The zero-order valence-electron chi connectivity index (χ0n) is 6.59. The Labute approximate surface area is 58.0 Å². The Morgan fingerprint density at radius 2 is 2.00 bits per heavy atom. The van der Waals surface area contributed by atoms with E-state index < -0.39 is 0 Å². The molecule has 0 aliphatic heterocycles. The van der Waals surface area contributed by atoms with Crippen LogP contribution in [-0.2, 0) is 0 Å². The van der Waals surface area contributed by atoms with Gasteiger partial charge in [-0.05, 0) is 40.4 Å². The van der Waals surface area contributed by atoms with Gasteiger partial charge in [-0.15, -0.1) is 5.73 Å². The highest BCUT2D eigenvalue weighted by Gasteiger charge is 1.95. The summed E-state index contributed by atoms with van der Waals surface area (Å²) in [5.41, 5.74) is 8.85. The van der Waals surface area contributed by atoms with Gasteiger partial charge in [-0.25, -0.2) is 0 Å². The summed E-state index contributed by atoms with van der Waals surface area (Å²) < 4.78 is 0. The highest BCUT2D eigenvalue weighted by atomic mass is 15.0. The van der Waals surface area contributed by atoms with Crippen LogP contribution in [-0.4, -0.2) is 31.6 Å². The monoisotopic (exact) mass is 128 g/mol. The molecule has 0 aromatic rings. The summed E-state index contributed by atoms with van der Waals surface area (Å²) in [5.74, 6) is 0. The molecule has 0 saturated carbocycles. The Hall–Kier alpha value is -0.0800. The van der Waals surface area contributed by atoms with Crippen LogP contribution in [0.3, 0.4) is 0 Å². The smallest absolute Gasteiger partial charge is 0.0405 e. The van der Waals surface area contributed by atoms with Gasteiger partial charge in [-0.3, -0.25) is 0 Å². The maximum absolute atomic E-state index is 8.85. The second-order valence-corrected chi connectivity index (χ2v) is 2.79. The third-order valence-electron chi connectivity index (χ3n) is 1.23. The van der Waals surface area contributed by atoms with Crippen LogP contribution in [0.15, 0.2) is 0 Å². The first kappa shape index (κ1) is 8.92. The van der Waals surface area contributed by atoms with Crippen molar-refractivity contribution in [3.05, 3.63) is 0 Å². The van der Waals surface area contributed by atoms with Crippen molar-refractivity contribution in [2.24, 2.45) is 0 Å². The summed E-state index contributed by atoms with van der Waals surface area (Å²) in [6.45, 7) is 2.90. The van der Waals surface area contributed by atoms with E-state index in [1.54, 1.807) is 0 Å². The van der Waals surface area contributed by atoms with Crippen molar-refractivity contribution in [3.63, 3.8) is 0 Å². The van der Waals surface area contributed by atoms with Crippen molar-refractivity contribution in [1.82, 2.24) is 10.6 Å². The number of nitrogens with zero attached hydrogens (tertiary/aromatic N) is 2. The lowest BCUT2D eigenvalue weighted by atomic mass is 10.2. The summed E-state index contributed by atoms with van der Waals surface area (Å²) in [5, 5.41) is 0. The summed E-state index contributed by atoms with van der Waals surface area (Å²) in [6.07, 6.45) is 2.00. The fourth-order valence-corrected chi connectivity index (χ4v) is 0.703. The van der Waals surface area contributed by atoms with Gasteiger partial charge in [-0.2, -0.15) is 0 Å².